The first-order valence-corrected chi connectivity index (χ1v) is 7.24. The minimum absolute atomic E-state index is 0.430. The molecule has 0 aliphatic rings. The van der Waals surface area contributed by atoms with Crippen molar-refractivity contribution in [3.63, 3.8) is 0 Å². The molecule has 3 nitrogen and oxygen atoms in total. The van der Waals surface area contributed by atoms with Crippen molar-refractivity contribution in [3.8, 4) is 0 Å². The molecule has 3 N–H and O–H groups in total. The van der Waals surface area contributed by atoms with Crippen LogP contribution in [0.5, 0.6) is 0 Å². The predicted octanol–water partition coefficient (Wildman–Crippen LogP) is 3.05. The largest absolute Gasteiger partial charge is 0.387 e. The molecule has 3 aromatic rings. The number of H-pyrrole nitrogens is 1. The maximum atomic E-state index is 9.96. The van der Waals surface area contributed by atoms with Gasteiger partial charge >= 0.3 is 0 Å². The highest BCUT2D eigenvalue weighted by Crippen LogP contribution is 2.16. The van der Waals surface area contributed by atoms with Crippen LogP contribution >= 0.6 is 11.3 Å². The molecule has 0 amide bonds. The number of fused-ring (bicyclic) bond motifs is 1. The van der Waals surface area contributed by atoms with Crippen molar-refractivity contribution < 1.29 is 5.11 Å². The maximum Gasteiger partial charge on any atom is 0.0922 e. The quantitative estimate of drug-likeness (QED) is 0.668. The molecule has 19 heavy (non-hydrogen) atoms. The van der Waals surface area contributed by atoms with Crippen LogP contribution in [0.4, 0.5) is 0 Å². The molecule has 3 rings (SSSR count). The van der Waals surface area contributed by atoms with Gasteiger partial charge in [-0.15, -0.1) is 0 Å². The molecular weight excluding hydrogens is 256 g/mol. The van der Waals surface area contributed by atoms with Gasteiger partial charge in [0.2, 0.25) is 0 Å². The first kappa shape index (κ1) is 12.4. The smallest absolute Gasteiger partial charge is 0.0922 e. The Kier molecular flexibility index (Phi) is 3.64. The van der Waals surface area contributed by atoms with Gasteiger partial charge in [0.1, 0.15) is 0 Å². The molecule has 0 bridgehead atoms. The summed E-state index contributed by atoms with van der Waals surface area (Å²) in [5.41, 5.74) is 3.35. The Morgan fingerprint density at radius 1 is 1.26 bits per heavy atom. The number of rotatable bonds is 5. The van der Waals surface area contributed by atoms with Gasteiger partial charge in [-0.3, -0.25) is 0 Å². The molecule has 0 aliphatic carbocycles. The standard InChI is InChI=1S/C15H16N2OS/c18-15(13-4-6-19-10-13)9-16-8-11-1-2-12-3-5-17-14(12)7-11/h1-7,10,15-18H,8-9H2. The third kappa shape index (κ3) is 2.87. The molecule has 0 saturated heterocycles. The van der Waals surface area contributed by atoms with Crippen LogP contribution in [-0.4, -0.2) is 16.6 Å². The fourth-order valence-electron chi connectivity index (χ4n) is 2.14. The summed E-state index contributed by atoms with van der Waals surface area (Å²) in [4.78, 5) is 3.21. The maximum absolute atomic E-state index is 9.96. The fraction of sp³-hybridized carbons (Fsp3) is 0.200. The number of thiophene rings is 1. The Morgan fingerprint density at radius 2 is 2.21 bits per heavy atom. The summed E-state index contributed by atoms with van der Waals surface area (Å²) < 4.78 is 0. The monoisotopic (exact) mass is 272 g/mol. The number of aromatic nitrogens is 1. The van der Waals surface area contributed by atoms with Crippen LogP contribution in [0.15, 0.2) is 47.3 Å². The van der Waals surface area contributed by atoms with E-state index in [0.29, 0.717) is 6.54 Å². The number of benzene rings is 1. The molecule has 98 valence electrons. The Balaban J connectivity index is 1.57. The van der Waals surface area contributed by atoms with Gasteiger partial charge in [0.05, 0.1) is 6.10 Å². The van der Waals surface area contributed by atoms with Gasteiger partial charge in [0, 0.05) is 24.8 Å². The predicted molar refractivity (Wildman–Crippen MR) is 79.3 cm³/mol. The van der Waals surface area contributed by atoms with Crippen LogP contribution in [-0.2, 0) is 6.54 Å². The summed E-state index contributed by atoms with van der Waals surface area (Å²) >= 11 is 1.61. The van der Waals surface area contributed by atoms with Crippen molar-refractivity contribution in [2.45, 2.75) is 12.6 Å². The van der Waals surface area contributed by atoms with E-state index in [-0.39, 0.29) is 0 Å². The SMILES string of the molecule is OC(CNCc1ccc2cc[nH]c2c1)c1ccsc1. The lowest BCUT2D eigenvalue weighted by molar-refractivity contribution is 0.175. The molecule has 0 spiro atoms. The lowest BCUT2D eigenvalue weighted by atomic mass is 10.1. The second-order valence-electron chi connectivity index (χ2n) is 4.60. The Morgan fingerprint density at radius 3 is 3.05 bits per heavy atom. The van der Waals surface area contributed by atoms with E-state index in [1.165, 1.54) is 10.9 Å². The number of nitrogens with one attached hydrogen (secondary N) is 2. The lowest BCUT2D eigenvalue weighted by Gasteiger charge is -2.10. The highest BCUT2D eigenvalue weighted by molar-refractivity contribution is 7.07. The summed E-state index contributed by atoms with van der Waals surface area (Å²) in [6, 6.07) is 10.4. The second-order valence-corrected chi connectivity index (χ2v) is 5.38. The molecule has 1 aromatic carbocycles. The van der Waals surface area contributed by atoms with Crippen molar-refractivity contribution >= 4 is 22.2 Å². The third-order valence-corrected chi connectivity index (χ3v) is 3.92. The lowest BCUT2D eigenvalue weighted by Crippen LogP contribution is -2.20. The average molecular weight is 272 g/mol. The average Bonchev–Trinajstić information content (AvgIpc) is 3.09. The molecule has 2 heterocycles. The van der Waals surface area contributed by atoms with Crippen molar-refractivity contribution in [2.24, 2.45) is 0 Å². The summed E-state index contributed by atoms with van der Waals surface area (Å²) in [5, 5.41) is 18.4. The second kappa shape index (κ2) is 5.57. The Hall–Kier alpha value is -1.62. The zero-order valence-corrected chi connectivity index (χ0v) is 11.3. The number of aromatic amines is 1. The van der Waals surface area contributed by atoms with E-state index in [4.69, 9.17) is 0 Å². The normalized spacial score (nSPS) is 12.9. The van der Waals surface area contributed by atoms with Crippen molar-refractivity contribution in [1.29, 1.82) is 0 Å². The van der Waals surface area contributed by atoms with Crippen LogP contribution in [0.2, 0.25) is 0 Å². The molecule has 4 heteroatoms. The number of hydrogen-bond donors (Lipinski definition) is 3. The molecule has 1 unspecified atom stereocenters. The van der Waals surface area contributed by atoms with E-state index < -0.39 is 6.10 Å². The molecule has 0 fully saturated rings. The summed E-state index contributed by atoms with van der Waals surface area (Å²) in [6.07, 6.45) is 1.52. The minimum atomic E-state index is -0.430. The minimum Gasteiger partial charge on any atom is -0.387 e. The van der Waals surface area contributed by atoms with Crippen LogP contribution in [0.1, 0.15) is 17.2 Å². The van der Waals surface area contributed by atoms with Crippen LogP contribution in [0.25, 0.3) is 10.9 Å². The summed E-state index contributed by atoms with van der Waals surface area (Å²) in [5.74, 6) is 0. The summed E-state index contributed by atoms with van der Waals surface area (Å²) in [6.45, 7) is 1.33. The van der Waals surface area contributed by atoms with E-state index in [1.54, 1.807) is 11.3 Å². The third-order valence-electron chi connectivity index (χ3n) is 3.21. The molecule has 0 aliphatic heterocycles. The van der Waals surface area contributed by atoms with E-state index in [2.05, 4.69) is 34.6 Å². The van der Waals surface area contributed by atoms with Crippen LogP contribution in [0.3, 0.4) is 0 Å². The number of aliphatic hydroxyl groups is 1. The molecule has 0 radical (unpaired) electrons. The van der Waals surface area contributed by atoms with E-state index >= 15 is 0 Å². The van der Waals surface area contributed by atoms with Gasteiger partial charge in [0.15, 0.2) is 0 Å². The van der Waals surface area contributed by atoms with Gasteiger partial charge < -0.3 is 15.4 Å². The number of hydrogen-bond acceptors (Lipinski definition) is 3. The number of aliphatic hydroxyl groups excluding tert-OH is 1. The van der Waals surface area contributed by atoms with E-state index in [9.17, 15) is 5.11 Å². The Bertz CT molecular complexity index is 645. The van der Waals surface area contributed by atoms with E-state index in [1.807, 2.05) is 23.0 Å². The van der Waals surface area contributed by atoms with Crippen molar-refractivity contribution in [1.82, 2.24) is 10.3 Å². The van der Waals surface area contributed by atoms with Gasteiger partial charge in [-0.25, -0.2) is 0 Å². The van der Waals surface area contributed by atoms with Crippen LogP contribution < -0.4 is 5.32 Å². The van der Waals surface area contributed by atoms with Crippen molar-refractivity contribution in [3.05, 3.63) is 58.4 Å². The van der Waals surface area contributed by atoms with Gasteiger partial charge in [-0.1, -0.05) is 12.1 Å². The molecule has 1 atom stereocenters. The fourth-order valence-corrected chi connectivity index (χ4v) is 2.85. The highest BCUT2D eigenvalue weighted by Gasteiger charge is 2.07. The van der Waals surface area contributed by atoms with Crippen LogP contribution in [0, 0.1) is 0 Å². The molecule has 2 aromatic heterocycles. The molecular formula is C15H16N2OS. The molecule has 0 saturated carbocycles. The van der Waals surface area contributed by atoms with Gasteiger partial charge in [0.25, 0.3) is 0 Å². The highest BCUT2D eigenvalue weighted by atomic mass is 32.1. The van der Waals surface area contributed by atoms with E-state index in [0.717, 1.165) is 17.6 Å². The van der Waals surface area contributed by atoms with Gasteiger partial charge in [-0.2, -0.15) is 11.3 Å². The van der Waals surface area contributed by atoms with Gasteiger partial charge in [-0.05, 0) is 45.5 Å². The summed E-state index contributed by atoms with van der Waals surface area (Å²) in [7, 11) is 0. The Labute approximate surface area is 115 Å². The topological polar surface area (TPSA) is 48.0 Å². The zero-order valence-electron chi connectivity index (χ0n) is 10.5. The first-order valence-electron chi connectivity index (χ1n) is 6.30. The first-order chi connectivity index (χ1) is 9.33. The van der Waals surface area contributed by atoms with Crippen molar-refractivity contribution in [2.75, 3.05) is 6.54 Å². The zero-order chi connectivity index (χ0) is 13.1.